The molecular weight excluding hydrogens is 559 g/mol. The van der Waals surface area contributed by atoms with Gasteiger partial charge in [-0.3, -0.25) is 10.3 Å². The van der Waals surface area contributed by atoms with Crippen molar-refractivity contribution in [1.82, 2.24) is 35.0 Å². The Morgan fingerprint density at radius 2 is 1.59 bits per heavy atom. The van der Waals surface area contributed by atoms with Gasteiger partial charge in [0.15, 0.2) is 17.0 Å². The number of hydrogen-bond donors (Lipinski definition) is 3. The molecule has 0 spiro atoms. The molecule has 1 saturated carbocycles. The highest BCUT2D eigenvalue weighted by molar-refractivity contribution is 6.30. The number of hydrazine groups is 2. The number of hydrogen-bond acceptors (Lipinski definition) is 8. The number of nitrogens with zero attached hydrogens (tertiary/aromatic N) is 6. The molecule has 2 aromatic carbocycles. The van der Waals surface area contributed by atoms with Crippen LogP contribution < -0.4 is 11.0 Å². The van der Waals surface area contributed by atoms with E-state index in [4.69, 9.17) is 23.2 Å². The first-order valence-electron chi connectivity index (χ1n) is 14.2. The maximum absolute atomic E-state index is 9.92. The number of aliphatic hydroxyl groups is 1. The summed E-state index contributed by atoms with van der Waals surface area (Å²) in [5, 5.41) is 13.6. The molecule has 2 fully saturated rings. The molecule has 2 unspecified atom stereocenters. The van der Waals surface area contributed by atoms with Gasteiger partial charge in [-0.2, -0.15) is 5.53 Å². The molecule has 4 aromatic rings. The molecule has 1 aliphatic carbocycles. The van der Waals surface area contributed by atoms with Gasteiger partial charge in [-0.05, 0) is 74.4 Å². The molecule has 2 aromatic heterocycles. The van der Waals surface area contributed by atoms with Crippen LogP contribution >= 0.6 is 23.2 Å². The van der Waals surface area contributed by atoms with E-state index in [1.807, 2.05) is 30.6 Å². The van der Waals surface area contributed by atoms with Gasteiger partial charge in [-0.25, -0.2) is 20.0 Å². The van der Waals surface area contributed by atoms with Crippen LogP contribution in [0.2, 0.25) is 10.0 Å². The van der Waals surface area contributed by atoms with Crippen LogP contribution in [0, 0.1) is 5.92 Å². The Bertz CT molecular complexity index is 1420. The molecule has 216 valence electrons. The summed E-state index contributed by atoms with van der Waals surface area (Å²) < 4.78 is 2.07. The molecule has 9 nitrogen and oxygen atoms in total. The lowest BCUT2D eigenvalue weighted by molar-refractivity contribution is -0.000687. The number of fused-ring (bicyclic) bond motifs is 1. The van der Waals surface area contributed by atoms with Crippen molar-refractivity contribution in [1.29, 1.82) is 0 Å². The SMILES string of the molecule is C[C@@H]1CN(NNc2ncnc3c2ncn3CC2CCC(O)C2)[C@@H](C)CN1C(c1ccc(Cl)cc1)c1ccc(Cl)cc1. The average Bonchev–Trinajstić information content (AvgIpc) is 3.58. The van der Waals surface area contributed by atoms with E-state index in [2.05, 4.69) is 78.5 Å². The molecule has 6 rings (SSSR count). The lowest BCUT2D eigenvalue weighted by Gasteiger charge is -2.47. The first-order valence-corrected chi connectivity index (χ1v) is 15.0. The Kier molecular flexibility index (Phi) is 8.44. The highest BCUT2D eigenvalue weighted by Crippen LogP contribution is 2.34. The second kappa shape index (κ2) is 12.2. The summed E-state index contributed by atoms with van der Waals surface area (Å²) in [4.78, 5) is 16.1. The lowest BCUT2D eigenvalue weighted by atomic mass is 9.94. The molecule has 11 heteroatoms. The van der Waals surface area contributed by atoms with Gasteiger partial charge in [0.25, 0.3) is 0 Å². The fourth-order valence-electron chi connectivity index (χ4n) is 6.26. The van der Waals surface area contributed by atoms with Gasteiger partial charge in [0.2, 0.25) is 0 Å². The van der Waals surface area contributed by atoms with Crippen molar-refractivity contribution < 1.29 is 5.11 Å². The van der Waals surface area contributed by atoms with Crippen LogP contribution in [0.4, 0.5) is 5.82 Å². The van der Waals surface area contributed by atoms with Crippen LogP contribution in [0.3, 0.4) is 0 Å². The Hall–Kier alpha value is -2.79. The highest BCUT2D eigenvalue weighted by atomic mass is 35.5. The van der Waals surface area contributed by atoms with Gasteiger partial charge >= 0.3 is 0 Å². The lowest BCUT2D eigenvalue weighted by Crippen LogP contribution is -2.62. The van der Waals surface area contributed by atoms with Crippen molar-refractivity contribution in [2.24, 2.45) is 5.92 Å². The maximum atomic E-state index is 9.92. The minimum Gasteiger partial charge on any atom is -0.393 e. The molecule has 1 saturated heterocycles. The number of aliphatic hydroxyl groups excluding tert-OH is 1. The third kappa shape index (κ3) is 6.21. The summed E-state index contributed by atoms with van der Waals surface area (Å²) in [5.41, 5.74) is 10.6. The van der Waals surface area contributed by atoms with Gasteiger partial charge in [0, 0.05) is 41.8 Å². The van der Waals surface area contributed by atoms with E-state index in [1.165, 1.54) is 11.1 Å². The second-order valence-corrected chi connectivity index (χ2v) is 12.3. The Morgan fingerprint density at radius 1 is 0.902 bits per heavy atom. The maximum Gasteiger partial charge on any atom is 0.172 e. The number of piperazine rings is 1. The van der Waals surface area contributed by atoms with Crippen LogP contribution in [-0.2, 0) is 6.54 Å². The van der Waals surface area contributed by atoms with Gasteiger partial charge in [-0.15, -0.1) is 0 Å². The van der Waals surface area contributed by atoms with E-state index in [0.717, 1.165) is 60.1 Å². The zero-order chi connectivity index (χ0) is 28.5. The topological polar surface area (TPSA) is 94.4 Å². The fourth-order valence-corrected chi connectivity index (χ4v) is 6.51. The highest BCUT2D eigenvalue weighted by Gasteiger charge is 2.35. The monoisotopic (exact) mass is 594 g/mol. The molecule has 3 N–H and O–H groups in total. The van der Waals surface area contributed by atoms with Crippen LogP contribution in [0.25, 0.3) is 11.2 Å². The fraction of sp³-hybridized carbons (Fsp3) is 0.433. The minimum atomic E-state index is -0.191. The average molecular weight is 596 g/mol. The van der Waals surface area contributed by atoms with Gasteiger partial charge in [0.1, 0.15) is 6.33 Å². The van der Waals surface area contributed by atoms with Gasteiger partial charge in [0.05, 0.1) is 18.5 Å². The van der Waals surface area contributed by atoms with Crippen molar-refractivity contribution in [3.8, 4) is 0 Å². The number of halogens is 2. The third-order valence-electron chi connectivity index (χ3n) is 8.42. The number of rotatable bonds is 8. The standard InChI is InChI=1S/C30H36Cl2N8O/c1-19-15-40(37-36-29-27-30(34-17-33-29)38(18-35-27)16-21-3-12-26(41)13-21)20(2)14-39(19)28(22-4-8-24(31)9-5-22)23-6-10-25(32)11-7-23/h4-11,17-21,26,28,37,41H,3,12-16H2,1-2H3,(H,33,34,36)/t19-,20+,21?,26?/m1/s1. The number of imidazole rings is 1. The summed E-state index contributed by atoms with van der Waals surface area (Å²) in [6, 6.07) is 16.8. The first-order chi connectivity index (χ1) is 19.9. The van der Waals surface area contributed by atoms with Gasteiger partial charge in [-0.1, -0.05) is 47.5 Å². The molecule has 2 aliphatic rings. The number of anilines is 1. The summed E-state index contributed by atoms with van der Waals surface area (Å²) >= 11 is 12.5. The molecule has 4 atom stereocenters. The molecular formula is C30H36Cl2N8O. The van der Waals surface area contributed by atoms with Crippen LogP contribution in [0.15, 0.2) is 61.2 Å². The predicted molar refractivity (Wildman–Crippen MR) is 163 cm³/mol. The van der Waals surface area contributed by atoms with E-state index in [9.17, 15) is 5.11 Å². The van der Waals surface area contributed by atoms with Crippen molar-refractivity contribution in [2.75, 3.05) is 18.5 Å². The predicted octanol–water partition coefficient (Wildman–Crippen LogP) is 5.31. The van der Waals surface area contributed by atoms with E-state index in [1.54, 1.807) is 6.33 Å². The molecule has 0 radical (unpaired) electrons. The van der Waals surface area contributed by atoms with Crippen LogP contribution in [0.5, 0.6) is 0 Å². The second-order valence-electron chi connectivity index (χ2n) is 11.4. The molecule has 0 amide bonds. The van der Waals surface area contributed by atoms with Crippen molar-refractivity contribution in [3.05, 3.63) is 82.4 Å². The quantitative estimate of drug-likeness (QED) is 0.236. The van der Waals surface area contributed by atoms with Crippen molar-refractivity contribution in [3.63, 3.8) is 0 Å². The number of aromatic nitrogens is 4. The van der Waals surface area contributed by atoms with Crippen molar-refractivity contribution in [2.45, 2.75) is 63.9 Å². The van der Waals surface area contributed by atoms with Crippen LogP contribution in [0.1, 0.15) is 50.3 Å². The summed E-state index contributed by atoms with van der Waals surface area (Å²) in [6.45, 7) is 6.90. The molecule has 0 bridgehead atoms. The minimum absolute atomic E-state index is 0.0727. The van der Waals surface area contributed by atoms with Gasteiger partial charge < -0.3 is 9.67 Å². The summed E-state index contributed by atoms with van der Waals surface area (Å²) in [6.07, 6.45) is 5.93. The molecule has 3 heterocycles. The molecule has 1 aliphatic heterocycles. The number of nitrogens with one attached hydrogen (secondary N) is 2. The normalized spacial score (nSPS) is 24.0. The van der Waals surface area contributed by atoms with Crippen LogP contribution in [-0.4, -0.2) is 65.8 Å². The zero-order valence-electron chi connectivity index (χ0n) is 23.3. The van der Waals surface area contributed by atoms with E-state index >= 15 is 0 Å². The largest absolute Gasteiger partial charge is 0.393 e. The summed E-state index contributed by atoms with van der Waals surface area (Å²) in [7, 11) is 0. The Labute approximate surface area is 250 Å². The first kappa shape index (κ1) is 28.3. The molecule has 41 heavy (non-hydrogen) atoms. The Morgan fingerprint density at radius 3 is 2.22 bits per heavy atom. The Balaban J connectivity index is 1.16. The number of benzene rings is 2. The van der Waals surface area contributed by atoms with E-state index < -0.39 is 0 Å². The van der Waals surface area contributed by atoms with E-state index in [0.29, 0.717) is 11.7 Å². The zero-order valence-corrected chi connectivity index (χ0v) is 24.8. The third-order valence-corrected chi connectivity index (χ3v) is 8.93. The van der Waals surface area contributed by atoms with Crippen molar-refractivity contribution >= 4 is 40.2 Å². The smallest absolute Gasteiger partial charge is 0.172 e. The summed E-state index contributed by atoms with van der Waals surface area (Å²) in [5.74, 6) is 1.08. The van der Waals surface area contributed by atoms with E-state index in [-0.39, 0.29) is 24.2 Å².